The molecule has 1 aliphatic rings. The molecule has 5 nitrogen and oxygen atoms in total. The van der Waals surface area contributed by atoms with Gasteiger partial charge in [0.15, 0.2) is 5.69 Å². The van der Waals surface area contributed by atoms with Crippen LogP contribution in [0.3, 0.4) is 0 Å². The first kappa shape index (κ1) is 14.9. The normalized spacial score (nSPS) is 22.8. The summed E-state index contributed by atoms with van der Waals surface area (Å²) in [6.45, 7) is 5.04. The van der Waals surface area contributed by atoms with E-state index in [1.165, 1.54) is 32.8 Å². The Morgan fingerprint density at radius 1 is 1.40 bits per heavy atom. The second-order valence-corrected chi connectivity index (χ2v) is 5.95. The quantitative estimate of drug-likeness (QED) is 0.860. The van der Waals surface area contributed by atoms with E-state index in [0.29, 0.717) is 5.82 Å². The van der Waals surface area contributed by atoms with Gasteiger partial charge in [0.1, 0.15) is 11.6 Å². The molecule has 0 spiro atoms. The summed E-state index contributed by atoms with van der Waals surface area (Å²) in [5, 5.41) is 0. The van der Waals surface area contributed by atoms with Crippen LogP contribution >= 0.6 is 0 Å². The summed E-state index contributed by atoms with van der Waals surface area (Å²) in [5.74, 6) is 2.40. The predicted molar refractivity (Wildman–Crippen MR) is 78.5 cm³/mol. The van der Waals surface area contributed by atoms with Gasteiger partial charge in [-0.1, -0.05) is 32.6 Å². The average molecular weight is 279 g/mol. The Kier molecular flexibility index (Phi) is 4.68. The van der Waals surface area contributed by atoms with Crippen LogP contribution in [-0.4, -0.2) is 22.6 Å². The maximum Gasteiger partial charge on any atom is 0.360 e. The number of ether oxygens (including phenoxy) is 1. The molecule has 1 aromatic heterocycles. The number of carbonyl (C=O) groups excluding carboxylic acids is 1. The first-order valence-electron chi connectivity index (χ1n) is 7.43. The standard InChI is InChI=1S/C15H25N3O2/c1-10-4-6-12(7-5-10)8-9-18-11(2)17-13(14(18)16)15(19)20-3/h10,12H,4-9,16H2,1-3H3. The lowest BCUT2D eigenvalue weighted by Crippen LogP contribution is -2.16. The molecule has 20 heavy (non-hydrogen) atoms. The van der Waals surface area contributed by atoms with Crippen LogP contribution in [0.5, 0.6) is 0 Å². The molecule has 1 heterocycles. The zero-order valence-corrected chi connectivity index (χ0v) is 12.7. The van der Waals surface area contributed by atoms with Gasteiger partial charge in [-0.15, -0.1) is 0 Å². The third-order valence-electron chi connectivity index (χ3n) is 4.47. The Morgan fingerprint density at radius 2 is 2.05 bits per heavy atom. The van der Waals surface area contributed by atoms with Gasteiger partial charge in [0.25, 0.3) is 0 Å². The fourth-order valence-electron chi connectivity index (χ4n) is 3.04. The van der Waals surface area contributed by atoms with Gasteiger partial charge >= 0.3 is 5.97 Å². The van der Waals surface area contributed by atoms with Gasteiger partial charge in [-0.2, -0.15) is 0 Å². The molecular weight excluding hydrogens is 254 g/mol. The largest absolute Gasteiger partial charge is 0.464 e. The minimum Gasteiger partial charge on any atom is -0.464 e. The smallest absolute Gasteiger partial charge is 0.360 e. The summed E-state index contributed by atoms with van der Waals surface area (Å²) in [6, 6.07) is 0. The summed E-state index contributed by atoms with van der Waals surface area (Å²) < 4.78 is 6.63. The van der Waals surface area contributed by atoms with E-state index in [1.807, 2.05) is 11.5 Å². The van der Waals surface area contributed by atoms with Crippen molar-refractivity contribution in [3.05, 3.63) is 11.5 Å². The van der Waals surface area contributed by atoms with Gasteiger partial charge < -0.3 is 15.0 Å². The number of carbonyl (C=O) groups is 1. The molecule has 2 rings (SSSR count). The number of hydrogen-bond donors (Lipinski definition) is 1. The van der Waals surface area contributed by atoms with Crippen molar-refractivity contribution >= 4 is 11.8 Å². The molecule has 0 saturated heterocycles. The topological polar surface area (TPSA) is 70.1 Å². The Morgan fingerprint density at radius 3 is 2.65 bits per heavy atom. The van der Waals surface area contributed by atoms with Crippen molar-refractivity contribution in [3.63, 3.8) is 0 Å². The number of nitrogen functional groups attached to an aromatic ring is 1. The zero-order valence-electron chi connectivity index (χ0n) is 12.7. The predicted octanol–water partition coefficient (Wildman–Crippen LogP) is 2.78. The molecule has 112 valence electrons. The Bertz CT molecular complexity index is 474. The summed E-state index contributed by atoms with van der Waals surface area (Å²) in [5.41, 5.74) is 6.26. The lowest BCUT2D eigenvalue weighted by Gasteiger charge is -2.26. The molecule has 0 amide bonds. The van der Waals surface area contributed by atoms with Crippen LogP contribution in [-0.2, 0) is 11.3 Å². The molecule has 5 heteroatoms. The van der Waals surface area contributed by atoms with Crippen LogP contribution in [0.2, 0.25) is 0 Å². The first-order valence-corrected chi connectivity index (χ1v) is 7.43. The average Bonchev–Trinajstić information content (AvgIpc) is 2.73. The van der Waals surface area contributed by atoms with Crippen molar-refractivity contribution in [1.82, 2.24) is 9.55 Å². The fourth-order valence-corrected chi connectivity index (χ4v) is 3.04. The van der Waals surface area contributed by atoms with Gasteiger partial charge in [0.05, 0.1) is 7.11 Å². The lowest BCUT2D eigenvalue weighted by molar-refractivity contribution is 0.0595. The van der Waals surface area contributed by atoms with Gasteiger partial charge in [-0.3, -0.25) is 0 Å². The highest BCUT2D eigenvalue weighted by molar-refractivity contribution is 5.92. The molecule has 1 fully saturated rings. The highest BCUT2D eigenvalue weighted by Crippen LogP contribution is 2.31. The highest BCUT2D eigenvalue weighted by Gasteiger charge is 2.21. The van der Waals surface area contributed by atoms with Crippen molar-refractivity contribution in [2.24, 2.45) is 11.8 Å². The van der Waals surface area contributed by atoms with Crippen LogP contribution in [0.4, 0.5) is 5.82 Å². The Balaban J connectivity index is 1.99. The number of anilines is 1. The third kappa shape index (κ3) is 3.14. The number of esters is 1. The molecule has 1 aliphatic carbocycles. The van der Waals surface area contributed by atoms with E-state index in [9.17, 15) is 4.79 Å². The molecule has 0 unspecified atom stereocenters. The zero-order chi connectivity index (χ0) is 14.7. The third-order valence-corrected chi connectivity index (χ3v) is 4.47. The number of aryl methyl sites for hydroxylation is 1. The van der Waals surface area contributed by atoms with E-state index in [1.54, 1.807) is 0 Å². The molecule has 0 aliphatic heterocycles. The summed E-state index contributed by atoms with van der Waals surface area (Å²) in [6.07, 6.45) is 6.37. The number of nitrogens with two attached hydrogens (primary N) is 1. The van der Waals surface area contributed by atoms with Gasteiger partial charge in [-0.05, 0) is 25.2 Å². The molecule has 1 aromatic rings. The van der Waals surface area contributed by atoms with Crippen molar-refractivity contribution in [3.8, 4) is 0 Å². The van der Waals surface area contributed by atoms with E-state index in [4.69, 9.17) is 10.5 Å². The second kappa shape index (κ2) is 6.29. The van der Waals surface area contributed by atoms with Gasteiger partial charge in [0.2, 0.25) is 0 Å². The summed E-state index contributed by atoms with van der Waals surface area (Å²) in [4.78, 5) is 15.8. The summed E-state index contributed by atoms with van der Waals surface area (Å²) >= 11 is 0. The summed E-state index contributed by atoms with van der Waals surface area (Å²) in [7, 11) is 1.35. The van der Waals surface area contributed by atoms with E-state index in [2.05, 4.69) is 11.9 Å². The molecule has 1 saturated carbocycles. The monoisotopic (exact) mass is 279 g/mol. The van der Waals surface area contributed by atoms with Crippen LogP contribution in [0.15, 0.2) is 0 Å². The Labute approximate surface area is 120 Å². The van der Waals surface area contributed by atoms with E-state index in [0.717, 1.165) is 30.6 Å². The molecule has 0 radical (unpaired) electrons. The van der Waals surface area contributed by atoms with Gasteiger partial charge in [0, 0.05) is 6.54 Å². The molecular formula is C15H25N3O2. The minimum absolute atomic E-state index is 0.238. The van der Waals surface area contributed by atoms with Gasteiger partial charge in [-0.25, -0.2) is 9.78 Å². The van der Waals surface area contributed by atoms with Crippen molar-refractivity contribution < 1.29 is 9.53 Å². The van der Waals surface area contributed by atoms with Crippen LogP contribution in [0, 0.1) is 18.8 Å². The van der Waals surface area contributed by atoms with Crippen molar-refractivity contribution in [1.29, 1.82) is 0 Å². The van der Waals surface area contributed by atoms with E-state index in [-0.39, 0.29) is 5.69 Å². The number of hydrogen-bond acceptors (Lipinski definition) is 4. The maximum atomic E-state index is 11.6. The van der Waals surface area contributed by atoms with Crippen molar-refractivity contribution in [2.75, 3.05) is 12.8 Å². The number of nitrogens with zero attached hydrogens (tertiary/aromatic N) is 2. The number of rotatable bonds is 4. The Hall–Kier alpha value is -1.52. The molecule has 0 aromatic carbocycles. The van der Waals surface area contributed by atoms with E-state index >= 15 is 0 Å². The number of methoxy groups -OCH3 is 1. The fraction of sp³-hybridized carbons (Fsp3) is 0.733. The minimum atomic E-state index is -0.462. The first-order chi connectivity index (χ1) is 9.52. The lowest BCUT2D eigenvalue weighted by atomic mass is 9.81. The maximum absolute atomic E-state index is 11.6. The van der Waals surface area contributed by atoms with Crippen LogP contribution in [0.1, 0.15) is 55.3 Å². The molecule has 0 bridgehead atoms. The highest BCUT2D eigenvalue weighted by atomic mass is 16.5. The van der Waals surface area contributed by atoms with Crippen molar-refractivity contribution in [2.45, 2.75) is 52.5 Å². The van der Waals surface area contributed by atoms with E-state index < -0.39 is 5.97 Å². The van der Waals surface area contributed by atoms with Crippen LogP contribution < -0.4 is 5.73 Å². The molecule has 0 atom stereocenters. The number of imidazole rings is 1. The molecule has 2 N–H and O–H groups in total. The SMILES string of the molecule is COC(=O)c1nc(C)n(CCC2CCC(C)CC2)c1N. The van der Waals surface area contributed by atoms with Crippen LogP contribution in [0.25, 0.3) is 0 Å². The second-order valence-electron chi connectivity index (χ2n) is 5.95. The number of aromatic nitrogens is 2.